The summed E-state index contributed by atoms with van der Waals surface area (Å²) in [6.45, 7) is 14.2. The summed E-state index contributed by atoms with van der Waals surface area (Å²) >= 11 is 0. The summed E-state index contributed by atoms with van der Waals surface area (Å²) in [5, 5.41) is 10.8. The summed E-state index contributed by atoms with van der Waals surface area (Å²) in [5.74, 6) is -1.78. The third-order valence-electron chi connectivity index (χ3n) is 7.34. The molecule has 0 saturated carbocycles. The summed E-state index contributed by atoms with van der Waals surface area (Å²) < 4.78 is 11.8. The van der Waals surface area contributed by atoms with Gasteiger partial charge in [-0.15, -0.1) is 0 Å². The third kappa shape index (κ3) is 4.44. The van der Waals surface area contributed by atoms with Gasteiger partial charge in [-0.3, -0.25) is 19.7 Å². The lowest BCUT2D eigenvalue weighted by Crippen LogP contribution is -2.65. The van der Waals surface area contributed by atoms with E-state index in [4.69, 9.17) is 9.16 Å². The highest BCUT2D eigenvalue weighted by molar-refractivity contribution is 6.74. The summed E-state index contributed by atoms with van der Waals surface area (Å²) in [5.41, 5.74) is 0.711. The Hall–Kier alpha value is -2.85. The highest BCUT2D eigenvalue weighted by atomic mass is 28.4. The highest BCUT2D eigenvalue weighted by Crippen LogP contribution is 2.48. The lowest BCUT2D eigenvalue weighted by atomic mass is 9.78. The van der Waals surface area contributed by atoms with Gasteiger partial charge in [0.1, 0.15) is 18.6 Å². The van der Waals surface area contributed by atoms with Crippen molar-refractivity contribution >= 4 is 32.2 Å². The van der Waals surface area contributed by atoms with Crippen molar-refractivity contribution in [1.82, 2.24) is 4.90 Å². The summed E-state index contributed by atoms with van der Waals surface area (Å²) in [6.07, 6.45) is 0.273. The molecule has 4 atom stereocenters. The van der Waals surface area contributed by atoms with Crippen LogP contribution in [-0.4, -0.2) is 48.4 Å². The van der Waals surface area contributed by atoms with Crippen molar-refractivity contribution in [3.8, 4) is 0 Å². The van der Waals surface area contributed by atoms with Crippen molar-refractivity contribution < 1.29 is 28.5 Å². The van der Waals surface area contributed by atoms with Crippen LogP contribution in [0, 0.1) is 22.0 Å². The zero-order valence-electron chi connectivity index (χ0n) is 20.7. The molecule has 1 amide bonds. The maximum atomic E-state index is 13.2. The maximum Gasteiger partial charge on any atom is 0.355 e. The molecule has 2 aliphatic rings. The van der Waals surface area contributed by atoms with E-state index in [-0.39, 0.29) is 52.6 Å². The number of amides is 1. The summed E-state index contributed by atoms with van der Waals surface area (Å²) in [6, 6.07) is 5.28. The first-order valence-electron chi connectivity index (χ1n) is 11.3. The van der Waals surface area contributed by atoms with Crippen molar-refractivity contribution in [3.05, 3.63) is 51.2 Å². The number of hydrogen-bond donors (Lipinski definition) is 0. The maximum absolute atomic E-state index is 13.2. The van der Waals surface area contributed by atoms with Gasteiger partial charge in [0, 0.05) is 23.6 Å². The number of nitrogens with zero attached hydrogens (tertiary/aromatic N) is 2. The number of fused-ring (bicyclic) bond motifs is 1. The van der Waals surface area contributed by atoms with Crippen LogP contribution in [0.2, 0.25) is 18.1 Å². The van der Waals surface area contributed by atoms with Crippen molar-refractivity contribution in [2.75, 3.05) is 0 Å². The van der Waals surface area contributed by atoms with Crippen LogP contribution >= 0.6 is 0 Å². The molecule has 2 heterocycles. The highest BCUT2D eigenvalue weighted by Gasteiger charge is 2.61. The van der Waals surface area contributed by atoms with Gasteiger partial charge < -0.3 is 14.1 Å². The topological polar surface area (TPSA) is 116 Å². The quantitative estimate of drug-likeness (QED) is 0.136. The second kappa shape index (κ2) is 9.07. The molecule has 0 aliphatic carbocycles. The van der Waals surface area contributed by atoms with Gasteiger partial charge in [0.05, 0.1) is 23.0 Å². The van der Waals surface area contributed by atoms with E-state index in [1.54, 1.807) is 0 Å². The predicted octanol–water partition coefficient (Wildman–Crippen LogP) is 3.98. The minimum atomic E-state index is -2.12. The molecule has 0 radical (unpaired) electrons. The number of carbonyl (C=O) groups excluding carboxylic acids is 3. The number of nitro groups is 1. The number of hydrogen-bond acceptors (Lipinski definition) is 7. The molecule has 0 bridgehead atoms. The van der Waals surface area contributed by atoms with E-state index < -0.39 is 25.1 Å². The van der Waals surface area contributed by atoms with Gasteiger partial charge in [0.15, 0.2) is 8.32 Å². The number of benzene rings is 1. The van der Waals surface area contributed by atoms with Crippen molar-refractivity contribution in [1.29, 1.82) is 0 Å². The van der Waals surface area contributed by atoms with Crippen LogP contribution in [0.1, 0.15) is 40.2 Å². The first-order chi connectivity index (χ1) is 15.7. The Kier molecular flexibility index (Phi) is 6.87. The molecular weight excluding hydrogens is 456 g/mol. The first-order valence-corrected chi connectivity index (χ1v) is 14.2. The van der Waals surface area contributed by atoms with Crippen LogP contribution in [0.5, 0.6) is 0 Å². The molecule has 0 N–H and O–H groups in total. The van der Waals surface area contributed by atoms with Gasteiger partial charge in [-0.25, -0.2) is 4.79 Å². The zero-order chi connectivity index (χ0) is 25.6. The standard InChI is InChI=1S/C24H32N2O7Si/c1-14-18(12-27)21(23(29)32-13-16-8-10-17(11-9-16)26(30)31)25-20(14)19(22(25)28)15(2)33-34(6,7)24(3,4)5/h8-12,14-15,19-20H,13H2,1-7H3/t14-,15+,19+,20+/m0/s1. The fourth-order valence-electron chi connectivity index (χ4n) is 4.37. The molecule has 0 aromatic heterocycles. The summed E-state index contributed by atoms with van der Waals surface area (Å²) in [7, 11) is -2.12. The number of rotatable bonds is 8. The van der Waals surface area contributed by atoms with E-state index in [2.05, 4.69) is 33.9 Å². The van der Waals surface area contributed by atoms with Crippen molar-refractivity contribution in [2.24, 2.45) is 11.8 Å². The SMILES string of the molecule is C[C@@H](O[Si](C)(C)C(C)(C)C)[C@H]1C(=O)N2C(C(=O)OCc3ccc([N+](=O)[O-])cc3)=C(C=O)[C@H](C)[C@H]12. The van der Waals surface area contributed by atoms with Crippen LogP contribution in [0.25, 0.3) is 0 Å². The van der Waals surface area contributed by atoms with E-state index in [1.165, 1.54) is 29.2 Å². The largest absolute Gasteiger partial charge is 0.456 e. The molecule has 0 unspecified atom stereocenters. The Morgan fingerprint density at radius 3 is 2.35 bits per heavy atom. The number of nitro benzene ring substituents is 1. The molecule has 10 heteroatoms. The molecule has 2 aliphatic heterocycles. The predicted molar refractivity (Wildman–Crippen MR) is 127 cm³/mol. The van der Waals surface area contributed by atoms with Gasteiger partial charge in [0.25, 0.3) is 5.69 Å². The van der Waals surface area contributed by atoms with Gasteiger partial charge >= 0.3 is 5.97 Å². The molecule has 0 spiro atoms. The van der Waals surface area contributed by atoms with Crippen molar-refractivity contribution in [2.45, 2.75) is 71.5 Å². The van der Waals surface area contributed by atoms with Crippen LogP contribution in [-0.2, 0) is 30.2 Å². The van der Waals surface area contributed by atoms with Crippen molar-refractivity contribution in [3.63, 3.8) is 0 Å². The second-order valence-corrected chi connectivity index (χ2v) is 15.3. The van der Waals surface area contributed by atoms with Gasteiger partial charge in [-0.05, 0) is 42.8 Å². The fourth-order valence-corrected chi connectivity index (χ4v) is 5.80. The minimum absolute atomic E-state index is 0.0183. The van der Waals surface area contributed by atoms with Crippen LogP contribution in [0.4, 0.5) is 5.69 Å². The van der Waals surface area contributed by atoms with Gasteiger partial charge in [-0.1, -0.05) is 27.7 Å². The smallest absolute Gasteiger partial charge is 0.355 e. The summed E-state index contributed by atoms with van der Waals surface area (Å²) in [4.78, 5) is 49.6. The van der Waals surface area contributed by atoms with Crippen LogP contribution in [0.3, 0.4) is 0 Å². The van der Waals surface area contributed by atoms with Gasteiger partial charge in [0.2, 0.25) is 5.91 Å². The van der Waals surface area contributed by atoms with E-state index in [1.807, 2.05) is 13.8 Å². The molecule has 1 aromatic rings. The molecule has 1 aromatic carbocycles. The van der Waals surface area contributed by atoms with E-state index in [0.29, 0.717) is 11.8 Å². The molecule has 34 heavy (non-hydrogen) atoms. The Morgan fingerprint density at radius 1 is 1.26 bits per heavy atom. The Bertz CT molecular complexity index is 1040. The Balaban J connectivity index is 1.74. The number of β-lactam (4-membered cyclic amide) rings is 1. The van der Waals surface area contributed by atoms with Crippen LogP contribution < -0.4 is 0 Å². The lowest BCUT2D eigenvalue weighted by Gasteiger charge is -2.50. The first kappa shape index (κ1) is 25.8. The fraction of sp³-hybridized carbons (Fsp3) is 0.542. The lowest BCUT2D eigenvalue weighted by molar-refractivity contribution is -0.384. The zero-order valence-corrected chi connectivity index (χ0v) is 21.7. The molecular formula is C24H32N2O7Si. The van der Waals surface area contributed by atoms with Gasteiger partial charge in [-0.2, -0.15) is 0 Å². The molecule has 9 nitrogen and oxygen atoms in total. The van der Waals surface area contributed by atoms with E-state index >= 15 is 0 Å². The molecule has 3 rings (SSSR count). The number of non-ortho nitro benzene ring substituents is 1. The second-order valence-electron chi connectivity index (χ2n) is 10.5. The monoisotopic (exact) mass is 488 g/mol. The van der Waals surface area contributed by atoms with E-state index in [0.717, 1.165) is 0 Å². The number of ether oxygens (including phenoxy) is 1. The molecule has 184 valence electrons. The Labute approximate surface area is 200 Å². The normalized spacial score (nSPS) is 23.3. The molecule has 1 fully saturated rings. The Morgan fingerprint density at radius 2 is 1.85 bits per heavy atom. The number of carbonyl (C=O) groups is 3. The van der Waals surface area contributed by atoms with E-state index in [9.17, 15) is 24.5 Å². The number of aldehydes is 1. The average molecular weight is 489 g/mol. The molecule has 1 saturated heterocycles. The third-order valence-corrected chi connectivity index (χ3v) is 11.9. The minimum Gasteiger partial charge on any atom is -0.456 e. The number of esters is 1. The van der Waals surface area contributed by atoms with Crippen LogP contribution in [0.15, 0.2) is 35.5 Å². The average Bonchev–Trinajstić information content (AvgIpc) is 2.99.